The number of thiazole rings is 1. The van der Waals surface area contributed by atoms with Gasteiger partial charge in [-0.1, -0.05) is 42.7 Å². The molecule has 7 nitrogen and oxygen atoms in total. The minimum absolute atomic E-state index is 0.0862. The molecule has 0 atom stereocenters. The van der Waals surface area contributed by atoms with Crippen molar-refractivity contribution in [1.82, 2.24) is 15.3 Å². The number of pyridine rings is 1. The average molecular weight is 527 g/mol. The van der Waals surface area contributed by atoms with E-state index in [9.17, 15) is 4.79 Å². The zero-order chi connectivity index (χ0) is 24.3. The molecule has 3 heterocycles. The lowest BCUT2D eigenvalue weighted by Gasteiger charge is -2.06. The molecule has 0 fully saturated rings. The van der Waals surface area contributed by atoms with E-state index >= 15 is 0 Å². The molecule has 0 aliphatic rings. The van der Waals surface area contributed by atoms with Crippen LogP contribution in [0, 0.1) is 0 Å². The van der Waals surface area contributed by atoms with E-state index in [2.05, 4.69) is 42.8 Å². The highest BCUT2D eigenvalue weighted by atomic mass is 32.2. The van der Waals surface area contributed by atoms with E-state index in [1.165, 1.54) is 4.21 Å². The van der Waals surface area contributed by atoms with Gasteiger partial charge in [-0.3, -0.25) is 4.79 Å². The average Bonchev–Trinajstić information content (AvgIpc) is 3.53. The van der Waals surface area contributed by atoms with Crippen LogP contribution in [0.3, 0.4) is 0 Å². The summed E-state index contributed by atoms with van der Waals surface area (Å²) in [6.07, 6.45) is 7.71. The van der Waals surface area contributed by atoms with Gasteiger partial charge in [0.15, 0.2) is 5.13 Å². The first-order valence-electron chi connectivity index (χ1n) is 11.8. The number of nitrogens with two attached hydrogens (primary N) is 1. The monoisotopic (exact) mass is 526 g/mol. The molecule has 1 aromatic carbocycles. The van der Waals surface area contributed by atoms with E-state index in [4.69, 9.17) is 5.73 Å². The molecule has 0 aliphatic heterocycles. The van der Waals surface area contributed by atoms with E-state index in [-0.39, 0.29) is 5.91 Å². The molecule has 0 unspecified atom stereocenters. The summed E-state index contributed by atoms with van der Waals surface area (Å²) in [6, 6.07) is 14.2. The number of unbranched alkanes of at least 4 members (excludes halogenated alkanes) is 4. The van der Waals surface area contributed by atoms with E-state index in [0.29, 0.717) is 13.0 Å². The molecule has 0 radical (unpaired) electrons. The summed E-state index contributed by atoms with van der Waals surface area (Å²) >= 11 is 4.91. The number of anilines is 3. The number of carbonyl (C=O) groups excluding carboxylic acids is 1. The second kappa shape index (κ2) is 13.4. The highest BCUT2D eigenvalue weighted by Gasteiger charge is 2.07. The van der Waals surface area contributed by atoms with Gasteiger partial charge in [0.25, 0.3) is 0 Å². The second-order valence-electron chi connectivity index (χ2n) is 8.10. The molecule has 3 aromatic heterocycles. The number of carbonyl (C=O) groups is 1. The third-order valence-electron chi connectivity index (χ3n) is 5.31. The van der Waals surface area contributed by atoms with Crippen LogP contribution in [-0.4, -0.2) is 22.4 Å². The number of amides is 1. The molecule has 4 rings (SSSR count). The molecule has 5 N–H and O–H groups in total. The van der Waals surface area contributed by atoms with E-state index in [1.807, 2.05) is 30.3 Å². The maximum atomic E-state index is 12.0. The van der Waals surface area contributed by atoms with Gasteiger partial charge in [-0.05, 0) is 72.6 Å². The summed E-state index contributed by atoms with van der Waals surface area (Å²) in [7, 11) is 0. The van der Waals surface area contributed by atoms with Crippen LogP contribution >= 0.6 is 34.6 Å². The van der Waals surface area contributed by atoms with Crippen molar-refractivity contribution in [1.29, 1.82) is 0 Å². The topological polar surface area (TPSA) is 105 Å². The largest absolute Gasteiger partial charge is 0.352 e. The molecule has 4 aromatic rings. The Kier molecular flexibility index (Phi) is 9.76. The Labute approximate surface area is 218 Å². The van der Waals surface area contributed by atoms with Crippen molar-refractivity contribution < 1.29 is 4.79 Å². The van der Waals surface area contributed by atoms with Crippen molar-refractivity contribution in [3.05, 3.63) is 59.6 Å². The van der Waals surface area contributed by atoms with Gasteiger partial charge in [0.05, 0.1) is 14.4 Å². The van der Waals surface area contributed by atoms with Crippen LogP contribution in [0.25, 0.3) is 10.2 Å². The predicted molar refractivity (Wildman–Crippen MR) is 150 cm³/mol. The number of fused-ring (bicyclic) bond motifs is 1. The van der Waals surface area contributed by atoms with Crippen molar-refractivity contribution in [3.8, 4) is 0 Å². The molecule has 35 heavy (non-hydrogen) atoms. The minimum atomic E-state index is 0.0862. The first-order valence-corrected chi connectivity index (χ1v) is 14.3. The third kappa shape index (κ3) is 8.21. The Balaban J connectivity index is 1.22. The van der Waals surface area contributed by atoms with Crippen LogP contribution in [0.2, 0.25) is 0 Å². The molecule has 0 saturated carbocycles. The molecule has 0 saturated heterocycles. The van der Waals surface area contributed by atoms with Gasteiger partial charge in [0.2, 0.25) is 5.91 Å². The van der Waals surface area contributed by atoms with Gasteiger partial charge < -0.3 is 21.1 Å². The lowest BCUT2D eigenvalue weighted by Crippen LogP contribution is -2.22. The molecular formula is C25H30N6OS3. The summed E-state index contributed by atoms with van der Waals surface area (Å²) in [6.45, 7) is 1.23. The van der Waals surface area contributed by atoms with Gasteiger partial charge >= 0.3 is 0 Å². The number of benzene rings is 1. The van der Waals surface area contributed by atoms with Crippen LogP contribution in [0.5, 0.6) is 0 Å². The third-order valence-corrected chi connectivity index (χ3v) is 8.12. The van der Waals surface area contributed by atoms with Crippen molar-refractivity contribution >= 4 is 67.4 Å². The first-order chi connectivity index (χ1) is 17.2. The molecule has 0 aliphatic carbocycles. The number of rotatable bonds is 14. The highest BCUT2D eigenvalue weighted by Crippen LogP contribution is 2.32. The lowest BCUT2D eigenvalue weighted by molar-refractivity contribution is -0.121. The zero-order valence-electron chi connectivity index (χ0n) is 19.5. The van der Waals surface area contributed by atoms with E-state index in [0.717, 1.165) is 71.1 Å². The van der Waals surface area contributed by atoms with Crippen LogP contribution < -0.4 is 21.1 Å². The first kappa shape index (κ1) is 25.4. The Morgan fingerprint density at radius 1 is 1.06 bits per heavy atom. The fourth-order valence-electron chi connectivity index (χ4n) is 3.43. The van der Waals surface area contributed by atoms with Crippen molar-refractivity contribution in [3.63, 3.8) is 0 Å². The predicted octanol–water partition coefficient (Wildman–Crippen LogP) is 6.53. The summed E-state index contributed by atoms with van der Waals surface area (Å²) in [5.41, 5.74) is 8.46. The minimum Gasteiger partial charge on any atom is -0.352 e. The van der Waals surface area contributed by atoms with Crippen molar-refractivity contribution in [2.45, 2.75) is 49.3 Å². The Bertz CT molecular complexity index is 1190. The van der Waals surface area contributed by atoms with Crippen molar-refractivity contribution in [2.75, 3.05) is 16.6 Å². The van der Waals surface area contributed by atoms with Gasteiger partial charge in [0, 0.05) is 24.8 Å². The van der Waals surface area contributed by atoms with Crippen LogP contribution in [0.1, 0.15) is 44.1 Å². The number of nitrogens with zero attached hydrogens (tertiary/aromatic N) is 2. The van der Waals surface area contributed by atoms with E-state index in [1.54, 1.807) is 40.8 Å². The number of thiophene rings is 1. The molecule has 184 valence electrons. The zero-order valence-corrected chi connectivity index (χ0v) is 21.9. The Morgan fingerprint density at radius 2 is 1.94 bits per heavy atom. The smallest absolute Gasteiger partial charge is 0.220 e. The summed E-state index contributed by atoms with van der Waals surface area (Å²) in [5.74, 6) is 0.811. The quantitative estimate of drug-likeness (QED) is 0.109. The fraction of sp³-hybridized carbons (Fsp3) is 0.320. The van der Waals surface area contributed by atoms with Crippen LogP contribution in [0.15, 0.2) is 58.3 Å². The van der Waals surface area contributed by atoms with Gasteiger partial charge in [-0.15, -0.1) is 11.3 Å². The lowest BCUT2D eigenvalue weighted by atomic mass is 10.1. The molecule has 10 heteroatoms. The summed E-state index contributed by atoms with van der Waals surface area (Å²) in [5, 5.41) is 9.12. The number of hydrogen-bond donors (Lipinski definition) is 4. The van der Waals surface area contributed by atoms with Gasteiger partial charge in [-0.25, -0.2) is 9.97 Å². The van der Waals surface area contributed by atoms with Crippen LogP contribution in [0.4, 0.5) is 16.6 Å². The van der Waals surface area contributed by atoms with Crippen molar-refractivity contribution in [2.24, 2.45) is 5.73 Å². The molecule has 0 bridgehead atoms. The van der Waals surface area contributed by atoms with Gasteiger partial charge in [-0.2, -0.15) is 0 Å². The normalized spacial score (nSPS) is 11.0. The number of aromatic nitrogens is 2. The number of hydrogen-bond acceptors (Lipinski definition) is 9. The maximum absolute atomic E-state index is 12.0. The molecular weight excluding hydrogens is 497 g/mol. The molecule has 0 spiro atoms. The summed E-state index contributed by atoms with van der Waals surface area (Å²) < 4.78 is 5.71. The fourth-order valence-corrected chi connectivity index (χ4v) is 5.77. The van der Waals surface area contributed by atoms with Gasteiger partial charge in [0.1, 0.15) is 5.82 Å². The highest BCUT2D eigenvalue weighted by molar-refractivity contribution is 8.02. The SMILES string of the molecule is NCCCCCCCC(=O)NCc1ccc(Nc2nc3ccc(NSc4cccs4)cc3s2)nc1. The maximum Gasteiger partial charge on any atom is 0.220 e. The standard InChI is InChI=1S/C25H30N6OS3/c26-13-5-3-1-2-4-7-23(32)28-17-18-9-12-22(27-16-18)30-25-29-20-11-10-19(15-21(20)34-25)31-35-24-8-6-14-33-24/h6,8-12,14-16,31H,1-5,7,13,17,26H2,(H,28,32)(H,27,29,30). The Morgan fingerprint density at radius 3 is 2.74 bits per heavy atom. The molecule has 1 amide bonds. The summed E-state index contributed by atoms with van der Waals surface area (Å²) in [4.78, 5) is 21.2. The van der Waals surface area contributed by atoms with Crippen LogP contribution in [-0.2, 0) is 11.3 Å². The van der Waals surface area contributed by atoms with E-state index < -0.39 is 0 Å². The number of nitrogens with one attached hydrogen (secondary N) is 3. The second-order valence-corrected chi connectivity index (χ2v) is 11.2. The Hall–Kier alpha value is -2.66.